The third-order valence-electron chi connectivity index (χ3n) is 4.71. The number of anilines is 2. The first-order chi connectivity index (χ1) is 11.2. The van der Waals surface area contributed by atoms with Crippen LogP contribution in [0.3, 0.4) is 0 Å². The largest absolute Gasteiger partial charge is 0.444 e. The second kappa shape index (κ2) is 6.15. The van der Waals surface area contributed by atoms with E-state index in [0.29, 0.717) is 5.69 Å². The van der Waals surface area contributed by atoms with Gasteiger partial charge in [-0.05, 0) is 64.7 Å². The van der Waals surface area contributed by atoms with Crippen molar-refractivity contribution in [3.63, 3.8) is 0 Å². The number of fused-ring (bicyclic) bond motifs is 2. The molecule has 1 aromatic rings. The minimum Gasteiger partial charge on any atom is -0.444 e. The Morgan fingerprint density at radius 3 is 2.46 bits per heavy atom. The van der Waals surface area contributed by atoms with E-state index in [1.54, 1.807) is 6.07 Å². The molecule has 3 rings (SSSR count). The van der Waals surface area contributed by atoms with Crippen molar-refractivity contribution in [3.05, 3.63) is 24.0 Å². The molecule has 2 aliphatic heterocycles. The Morgan fingerprint density at radius 1 is 1.29 bits per heavy atom. The summed E-state index contributed by atoms with van der Waals surface area (Å²) >= 11 is 0. The molecule has 0 aromatic heterocycles. The van der Waals surface area contributed by atoms with Gasteiger partial charge in [0.1, 0.15) is 11.4 Å². The number of hydrogen-bond donors (Lipinski definition) is 2. The third-order valence-corrected chi connectivity index (χ3v) is 4.71. The van der Waals surface area contributed by atoms with Gasteiger partial charge in [-0.1, -0.05) is 0 Å². The SMILES string of the molecule is CC(C)(C)OC(=O)N1[C@@H]2CC[C@H]1CC(Nc1ccc(F)cc1N)C2. The lowest BCUT2D eigenvalue weighted by Gasteiger charge is -2.40. The van der Waals surface area contributed by atoms with E-state index in [1.165, 1.54) is 12.1 Å². The van der Waals surface area contributed by atoms with Gasteiger partial charge < -0.3 is 20.7 Å². The molecule has 2 saturated heterocycles. The van der Waals surface area contributed by atoms with Crippen molar-refractivity contribution in [2.75, 3.05) is 11.1 Å². The molecule has 3 N–H and O–H groups in total. The number of nitrogens with two attached hydrogens (primary N) is 1. The highest BCUT2D eigenvalue weighted by atomic mass is 19.1. The van der Waals surface area contributed by atoms with Crippen LogP contribution < -0.4 is 11.1 Å². The molecule has 1 aromatic carbocycles. The van der Waals surface area contributed by atoms with E-state index in [2.05, 4.69) is 5.32 Å². The summed E-state index contributed by atoms with van der Waals surface area (Å²) in [5.74, 6) is -0.335. The molecule has 0 radical (unpaired) electrons. The summed E-state index contributed by atoms with van der Waals surface area (Å²) in [5.41, 5.74) is 6.57. The van der Waals surface area contributed by atoms with Crippen LogP contribution in [0.2, 0.25) is 0 Å². The van der Waals surface area contributed by atoms with Crippen LogP contribution in [-0.4, -0.2) is 34.7 Å². The molecule has 2 aliphatic rings. The van der Waals surface area contributed by atoms with Gasteiger partial charge in [-0.2, -0.15) is 0 Å². The van der Waals surface area contributed by atoms with Crippen LogP contribution in [0.1, 0.15) is 46.5 Å². The molecule has 1 unspecified atom stereocenters. The predicted octanol–water partition coefficient (Wildman–Crippen LogP) is 3.75. The molecule has 2 fully saturated rings. The zero-order valence-corrected chi connectivity index (χ0v) is 14.5. The van der Waals surface area contributed by atoms with Gasteiger partial charge in [0.05, 0.1) is 11.4 Å². The maximum absolute atomic E-state index is 13.2. The number of carbonyl (C=O) groups excluding carboxylic acids is 1. The fraction of sp³-hybridized carbons (Fsp3) is 0.611. The zero-order valence-electron chi connectivity index (χ0n) is 14.5. The molecular formula is C18H26FN3O2. The summed E-state index contributed by atoms with van der Waals surface area (Å²) < 4.78 is 18.7. The van der Waals surface area contributed by atoms with Crippen molar-refractivity contribution in [2.24, 2.45) is 0 Å². The van der Waals surface area contributed by atoms with Crippen LogP contribution in [0.25, 0.3) is 0 Å². The molecule has 5 nitrogen and oxygen atoms in total. The number of benzene rings is 1. The number of halogens is 1. The van der Waals surface area contributed by atoms with E-state index >= 15 is 0 Å². The normalized spacial score (nSPS) is 26.3. The first-order valence-corrected chi connectivity index (χ1v) is 8.56. The Labute approximate surface area is 142 Å². The molecule has 6 heteroatoms. The van der Waals surface area contributed by atoms with Crippen molar-refractivity contribution < 1.29 is 13.9 Å². The van der Waals surface area contributed by atoms with Crippen LogP contribution in [0.15, 0.2) is 18.2 Å². The Kier molecular flexibility index (Phi) is 4.32. The maximum atomic E-state index is 13.2. The number of piperidine rings is 1. The summed E-state index contributed by atoms with van der Waals surface area (Å²) in [7, 11) is 0. The summed E-state index contributed by atoms with van der Waals surface area (Å²) in [6.07, 6.45) is 3.50. The highest BCUT2D eigenvalue weighted by Gasteiger charge is 2.44. The van der Waals surface area contributed by atoms with Gasteiger partial charge in [-0.3, -0.25) is 0 Å². The fourth-order valence-electron chi connectivity index (χ4n) is 3.79. The molecule has 2 heterocycles. The molecular weight excluding hydrogens is 309 g/mol. The molecule has 3 atom stereocenters. The number of hydrogen-bond acceptors (Lipinski definition) is 4. The lowest BCUT2D eigenvalue weighted by molar-refractivity contribution is 0.00683. The lowest BCUT2D eigenvalue weighted by atomic mass is 9.97. The van der Waals surface area contributed by atoms with Crippen molar-refractivity contribution in [3.8, 4) is 0 Å². The Morgan fingerprint density at radius 2 is 1.92 bits per heavy atom. The predicted molar refractivity (Wildman–Crippen MR) is 92.3 cm³/mol. The van der Waals surface area contributed by atoms with E-state index in [9.17, 15) is 9.18 Å². The number of amides is 1. The van der Waals surface area contributed by atoms with Crippen LogP contribution in [0.4, 0.5) is 20.6 Å². The smallest absolute Gasteiger partial charge is 0.410 e. The maximum Gasteiger partial charge on any atom is 0.410 e. The number of nitrogens with one attached hydrogen (secondary N) is 1. The summed E-state index contributed by atoms with van der Waals surface area (Å²) in [4.78, 5) is 14.4. The molecule has 24 heavy (non-hydrogen) atoms. The van der Waals surface area contributed by atoms with E-state index in [0.717, 1.165) is 31.4 Å². The number of nitrogens with zero attached hydrogens (tertiary/aromatic N) is 1. The van der Waals surface area contributed by atoms with E-state index in [-0.39, 0.29) is 30.0 Å². The van der Waals surface area contributed by atoms with Crippen molar-refractivity contribution >= 4 is 17.5 Å². The highest BCUT2D eigenvalue weighted by Crippen LogP contribution is 2.38. The minimum absolute atomic E-state index is 0.192. The van der Waals surface area contributed by atoms with Crippen LogP contribution in [0.5, 0.6) is 0 Å². The molecule has 132 valence electrons. The van der Waals surface area contributed by atoms with Gasteiger partial charge in [0.25, 0.3) is 0 Å². The molecule has 0 spiro atoms. The van der Waals surface area contributed by atoms with E-state index < -0.39 is 5.60 Å². The van der Waals surface area contributed by atoms with E-state index in [1.807, 2.05) is 25.7 Å². The van der Waals surface area contributed by atoms with Gasteiger partial charge in [-0.15, -0.1) is 0 Å². The molecule has 2 bridgehead atoms. The molecule has 0 saturated carbocycles. The fourth-order valence-corrected chi connectivity index (χ4v) is 3.79. The molecule has 0 aliphatic carbocycles. The average molecular weight is 335 g/mol. The highest BCUT2D eigenvalue weighted by molar-refractivity contribution is 5.70. The van der Waals surface area contributed by atoms with Crippen molar-refractivity contribution in [1.29, 1.82) is 0 Å². The lowest BCUT2D eigenvalue weighted by Crippen LogP contribution is -2.51. The van der Waals surface area contributed by atoms with Crippen molar-refractivity contribution in [1.82, 2.24) is 4.90 Å². The quantitative estimate of drug-likeness (QED) is 0.808. The monoisotopic (exact) mass is 335 g/mol. The Bertz CT molecular complexity index is 615. The first-order valence-electron chi connectivity index (χ1n) is 8.56. The summed E-state index contributed by atoms with van der Waals surface area (Å²) in [6, 6.07) is 5.02. The average Bonchev–Trinajstić information content (AvgIpc) is 2.72. The standard InChI is InChI=1S/C18H26FN3O2/c1-18(2,3)24-17(23)22-13-5-6-14(22)10-12(9-13)21-16-7-4-11(19)8-15(16)20/h4,7-8,12-14,21H,5-6,9-10,20H2,1-3H3/t12?,13-,14+. The van der Waals surface area contributed by atoms with Crippen LogP contribution in [-0.2, 0) is 4.74 Å². The van der Waals surface area contributed by atoms with E-state index in [4.69, 9.17) is 10.5 Å². The zero-order chi connectivity index (χ0) is 17.5. The number of rotatable bonds is 2. The third kappa shape index (κ3) is 3.57. The number of nitrogen functional groups attached to an aromatic ring is 1. The minimum atomic E-state index is -0.478. The van der Waals surface area contributed by atoms with Gasteiger partial charge in [-0.25, -0.2) is 9.18 Å². The van der Waals surface area contributed by atoms with Gasteiger partial charge in [0.2, 0.25) is 0 Å². The summed E-state index contributed by atoms with van der Waals surface area (Å²) in [6.45, 7) is 5.66. The Balaban J connectivity index is 1.66. The summed E-state index contributed by atoms with van der Waals surface area (Å²) in [5, 5.41) is 3.41. The van der Waals surface area contributed by atoms with Gasteiger partial charge in [0.15, 0.2) is 0 Å². The number of ether oxygens (including phenoxy) is 1. The van der Waals surface area contributed by atoms with Gasteiger partial charge >= 0.3 is 6.09 Å². The topological polar surface area (TPSA) is 67.6 Å². The van der Waals surface area contributed by atoms with Gasteiger partial charge in [0, 0.05) is 18.1 Å². The molecule has 1 amide bonds. The second-order valence-corrected chi connectivity index (χ2v) is 7.82. The Hall–Kier alpha value is -1.98. The first kappa shape index (κ1) is 16.9. The number of carbonyl (C=O) groups is 1. The van der Waals surface area contributed by atoms with Crippen LogP contribution in [0, 0.1) is 5.82 Å². The second-order valence-electron chi connectivity index (χ2n) is 7.82. The van der Waals surface area contributed by atoms with Crippen LogP contribution >= 0.6 is 0 Å². The van der Waals surface area contributed by atoms with Crippen molar-refractivity contribution in [2.45, 2.75) is 70.2 Å².